The molecule has 5 unspecified atom stereocenters. The quantitative estimate of drug-likeness (QED) is 0.603. The molecule has 0 bridgehead atoms. The fourth-order valence-corrected chi connectivity index (χ4v) is 6.96. The summed E-state index contributed by atoms with van der Waals surface area (Å²) in [7, 11) is 0. The number of hydrogen-bond acceptors (Lipinski definition) is 2. The zero-order valence-corrected chi connectivity index (χ0v) is 18.9. The van der Waals surface area contributed by atoms with E-state index >= 15 is 0 Å². The largest absolute Gasteiger partial charge is 0.330 e. The standard InChI is InChI=1S/C22H45NS/c1-13(2)19-18(22(9,10)16(7)8)11-17(12-23)20(14(3)4)24-21(19)15(5)6/h13-21H,11-12,23H2,1-10H3. The first-order valence-electron chi connectivity index (χ1n) is 10.3. The molecular weight excluding hydrogens is 310 g/mol. The van der Waals surface area contributed by atoms with Gasteiger partial charge in [-0.15, -0.1) is 0 Å². The Balaban J connectivity index is 3.41. The van der Waals surface area contributed by atoms with Crippen LogP contribution in [0.15, 0.2) is 0 Å². The van der Waals surface area contributed by atoms with Gasteiger partial charge in [0.1, 0.15) is 0 Å². The molecule has 1 aliphatic heterocycles. The molecule has 2 N–H and O–H groups in total. The average molecular weight is 356 g/mol. The molecule has 0 amide bonds. The molecule has 0 aromatic carbocycles. The van der Waals surface area contributed by atoms with Crippen LogP contribution in [0.1, 0.15) is 75.7 Å². The Morgan fingerprint density at radius 1 is 0.875 bits per heavy atom. The van der Waals surface area contributed by atoms with Gasteiger partial charge in [-0.3, -0.25) is 0 Å². The lowest BCUT2D eigenvalue weighted by Gasteiger charge is -2.47. The molecule has 5 atom stereocenters. The van der Waals surface area contributed by atoms with E-state index in [9.17, 15) is 0 Å². The molecule has 0 saturated carbocycles. The summed E-state index contributed by atoms with van der Waals surface area (Å²) < 4.78 is 0. The lowest BCUT2D eigenvalue weighted by molar-refractivity contribution is 0.0386. The first kappa shape index (κ1) is 22.4. The van der Waals surface area contributed by atoms with E-state index in [2.05, 4.69) is 81.0 Å². The van der Waals surface area contributed by atoms with Crippen molar-refractivity contribution in [2.45, 2.75) is 86.2 Å². The first-order valence-corrected chi connectivity index (χ1v) is 11.2. The fraction of sp³-hybridized carbons (Fsp3) is 1.00. The van der Waals surface area contributed by atoms with E-state index in [0.717, 1.165) is 35.5 Å². The Labute approximate surface area is 157 Å². The Morgan fingerprint density at radius 2 is 1.38 bits per heavy atom. The molecule has 1 fully saturated rings. The molecule has 0 spiro atoms. The van der Waals surface area contributed by atoms with Crippen LogP contribution in [0.4, 0.5) is 0 Å². The van der Waals surface area contributed by atoms with Crippen molar-refractivity contribution in [3.8, 4) is 0 Å². The first-order chi connectivity index (χ1) is 10.9. The minimum Gasteiger partial charge on any atom is -0.330 e. The van der Waals surface area contributed by atoms with Crippen LogP contribution in [-0.4, -0.2) is 17.0 Å². The van der Waals surface area contributed by atoms with Gasteiger partial charge >= 0.3 is 0 Å². The molecule has 1 saturated heterocycles. The van der Waals surface area contributed by atoms with Crippen LogP contribution < -0.4 is 5.73 Å². The predicted octanol–water partition coefficient (Wildman–Crippen LogP) is 6.32. The number of thioether (sulfide) groups is 1. The van der Waals surface area contributed by atoms with Gasteiger partial charge in [0, 0.05) is 10.5 Å². The molecule has 1 nitrogen and oxygen atoms in total. The van der Waals surface area contributed by atoms with Gasteiger partial charge in [-0.1, -0.05) is 69.2 Å². The summed E-state index contributed by atoms with van der Waals surface area (Å²) in [5.74, 6) is 5.07. The summed E-state index contributed by atoms with van der Waals surface area (Å²) in [4.78, 5) is 0. The van der Waals surface area contributed by atoms with E-state index in [1.54, 1.807) is 0 Å². The molecular formula is C22H45NS. The topological polar surface area (TPSA) is 26.0 Å². The van der Waals surface area contributed by atoms with Crippen molar-refractivity contribution < 1.29 is 0 Å². The van der Waals surface area contributed by atoms with Crippen molar-refractivity contribution in [1.82, 2.24) is 0 Å². The van der Waals surface area contributed by atoms with E-state index in [1.807, 2.05) is 0 Å². The van der Waals surface area contributed by atoms with E-state index in [-0.39, 0.29) is 0 Å². The normalized spacial score (nSPS) is 32.9. The van der Waals surface area contributed by atoms with E-state index < -0.39 is 0 Å². The van der Waals surface area contributed by atoms with Crippen LogP contribution in [0.2, 0.25) is 0 Å². The molecule has 0 radical (unpaired) electrons. The highest BCUT2D eigenvalue weighted by Gasteiger charge is 2.48. The second-order valence-electron chi connectivity index (χ2n) is 10.2. The maximum Gasteiger partial charge on any atom is 0.0113 e. The Bertz CT molecular complexity index is 372. The highest BCUT2D eigenvalue weighted by atomic mass is 32.2. The predicted molar refractivity (Wildman–Crippen MR) is 112 cm³/mol. The molecule has 0 aromatic heterocycles. The molecule has 1 heterocycles. The summed E-state index contributed by atoms with van der Waals surface area (Å²) in [5, 5.41) is 1.45. The Kier molecular flexibility index (Phi) is 8.20. The Hall–Kier alpha value is 0.310. The highest BCUT2D eigenvalue weighted by Crippen LogP contribution is 2.54. The number of nitrogens with two attached hydrogens (primary N) is 1. The van der Waals surface area contributed by atoms with Crippen LogP contribution in [0.25, 0.3) is 0 Å². The average Bonchev–Trinajstić information content (AvgIpc) is 2.63. The molecule has 2 heteroatoms. The molecule has 0 aromatic rings. The maximum atomic E-state index is 6.31. The van der Waals surface area contributed by atoms with Gasteiger partial charge in [-0.25, -0.2) is 0 Å². The second kappa shape index (κ2) is 8.80. The zero-order valence-electron chi connectivity index (χ0n) is 18.1. The third kappa shape index (κ3) is 4.72. The third-order valence-electron chi connectivity index (χ3n) is 7.01. The van der Waals surface area contributed by atoms with Gasteiger partial charge in [0.05, 0.1) is 0 Å². The van der Waals surface area contributed by atoms with Gasteiger partial charge in [-0.05, 0) is 59.8 Å². The lowest BCUT2D eigenvalue weighted by Crippen LogP contribution is -2.42. The molecule has 0 aliphatic carbocycles. The van der Waals surface area contributed by atoms with Crippen molar-refractivity contribution in [3.63, 3.8) is 0 Å². The summed E-state index contributed by atoms with van der Waals surface area (Å²) in [6, 6.07) is 0. The summed E-state index contributed by atoms with van der Waals surface area (Å²) >= 11 is 2.29. The van der Waals surface area contributed by atoms with Gasteiger partial charge < -0.3 is 5.73 Å². The van der Waals surface area contributed by atoms with Crippen LogP contribution in [0.5, 0.6) is 0 Å². The van der Waals surface area contributed by atoms with Crippen molar-refractivity contribution in [2.75, 3.05) is 6.54 Å². The summed E-state index contributed by atoms with van der Waals surface area (Å²) in [6.07, 6.45) is 1.31. The van der Waals surface area contributed by atoms with E-state index in [0.29, 0.717) is 28.4 Å². The van der Waals surface area contributed by atoms with Crippen LogP contribution in [-0.2, 0) is 0 Å². The van der Waals surface area contributed by atoms with Gasteiger partial charge in [0.25, 0.3) is 0 Å². The van der Waals surface area contributed by atoms with Gasteiger partial charge in [0.2, 0.25) is 0 Å². The van der Waals surface area contributed by atoms with Gasteiger partial charge in [-0.2, -0.15) is 11.8 Å². The zero-order chi connectivity index (χ0) is 18.8. The molecule has 1 rings (SSSR count). The summed E-state index contributed by atoms with van der Waals surface area (Å²) in [6.45, 7) is 25.3. The molecule has 1 aliphatic rings. The maximum absolute atomic E-state index is 6.31. The fourth-order valence-electron chi connectivity index (χ4n) is 4.83. The lowest BCUT2D eigenvalue weighted by atomic mass is 9.59. The van der Waals surface area contributed by atoms with Crippen LogP contribution in [0, 0.1) is 46.8 Å². The van der Waals surface area contributed by atoms with Crippen molar-refractivity contribution in [2.24, 2.45) is 52.6 Å². The van der Waals surface area contributed by atoms with Crippen molar-refractivity contribution >= 4 is 11.8 Å². The third-order valence-corrected chi connectivity index (χ3v) is 9.43. The summed E-state index contributed by atoms with van der Waals surface area (Å²) in [5.41, 5.74) is 6.68. The number of hydrogen-bond donors (Lipinski definition) is 1. The minimum absolute atomic E-state index is 0.363. The van der Waals surface area contributed by atoms with E-state index in [1.165, 1.54) is 6.42 Å². The van der Waals surface area contributed by atoms with E-state index in [4.69, 9.17) is 5.73 Å². The van der Waals surface area contributed by atoms with Crippen molar-refractivity contribution in [3.05, 3.63) is 0 Å². The van der Waals surface area contributed by atoms with Crippen LogP contribution >= 0.6 is 11.8 Å². The second-order valence-corrected chi connectivity index (χ2v) is 11.5. The smallest absolute Gasteiger partial charge is 0.0113 e. The minimum atomic E-state index is 0.363. The highest BCUT2D eigenvalue weighted by molar-refractivity contribution is 8.00. The SMILES string of the molecule is CC(C)C1SC(C(C)C)C(C(C)C)C(C(C)(C)C(C)C)CC1CN. The Morgan fingerprint density at radius 3 is 1.71 bits per heavy atom. The monoisotopic (exact) mass is 355 g/mol. The molecule has 24 heavy (non-hydrogen) atoms. The van der Waals surface area contributed by atoms with Crippen LogP contribution in [0.3, 0.4) is 0 Å². The van der Waals surface area contributed by atoms with Gasteiger partial charge in [0.15, 0.2) is 0 Å². The number of rotatable bonds is 6. The van der Waals surface area contributed by atoms with Crippen molar-refractivity contribution in [1.29, 1.82) is 0 Å². The molecule has 144 valence electrons.